The molecule has 0 heterocycles. The predicted molar refractivity (Wildman–Crippen MR) is 77.6 cm³/mol. The van der Waals surface area contributed by atoms with Gasteiger partial charge in [0, 0.05) is 17.1 Å². The molecule has 0 saturated heterocycles. The third-order valence-corrected chi connectivity index (χ3v) is 3.07. The van der Waals surface area contributed by atoms with E-state index in [4.69, 9.17) is 5.11 Å². The molecule has 102 valence electrons. The fourth-order valence-corrected chi connectivity index (χ4v) is 1.79. The van der Waals surface area contributed by atoms with E-state index in [9.17, 15) is 9.59 Å². The van der Waals surface area contributed by atoms with Crippen LogP contribution in [0.5, 0.6) is 0 Å². The number of carbonyl (C=O) groups is 2. The van der Waals surface area contributed by atoms with E-state index in [1.165, 1.54) is 6.08 Å². The van der Waals surface area contributed by atoms with Crippen molar-refractivity contribution in [1.29, 1.82) is 0 Å². The van der Waals surface area contributed by atoms with Gasteiger partial charge in [-0.15, -0.1) is 0 Å². The number of benzene rings is 1. The zero-order valence-corrected chi connectivity index (χ0v) is 12.2. The summed E-state index contributed by atoms with van der Waals surface area (Å²) < 4.78 is 0.949. The zero-order chi connectivity index (χ0) is 14.3. The minimum Gasteiger partial charge on any atom is -0.481 e. The maximum Gasteiger partial charge on any atom is 0.306 e. The molecule has 1 unspecified atom stereocenters. The maximum atomic E-state index is 11.5. The highest BCUT2D eigenvalue weighted by Gasteiger charge is 2.09. The Hall–Kier alpha value is -1.62. The Labute approximate surface area is 120 Å². The summed E-state index contributed by atoms with van der Waals surface area (Å²) in [5.74, 6) is -1.52. The van der Waals surface area contributed by atoms with Crippen LogP contribution in [0.25, 0.3) is 6.08 Å². The quantitative estimate of drug-likeness (QED) is 0.790. The Kier molecular flexibility index (Phi) is 6.29. The van der Waals surface area contributed by atoms with Crippen molar-refractivity contribution in [3.63, 3.8) is 0 Å². The zero-order valence-electron chi connectivity index (χ0n) is 10.6. The molecule has 0 aromatic heterocycles. The molecular formula is C14H16BrNO3. The van der Waals surface area contributed by atoms with Gasteiger partial charge in [-0.3, -0.25) is 9.59 Å². The summed E-state index contributed by atoms with van der Waals surface area (Å²) in [5, 5.41) is 11.3. The molecule has 0 fully saturated rings. The molecule has 0 spiro atoms. The van der Waals surface area contributed by atoms with Crippen LogP contribution in [0.2, 0.25) is 0 Å². The standard InChI is InChI=1S/C14H16BrNO3/c1-10(14(18)19)7-8-16-13(17)6-5-11-3-2-4-12(15)9-11/h2-6,9-10H,7-8H2,1H3,(H,16,17)(H,18,19)/b6-5+. The minimum absolute atomic E-state index is 0.224. The van der Waals surface area contributed by atoms with Gasteiger partial charge in [0.1, 0.15) is 0 Å². The second-order valence-corrected chi connectivity index (χ2v) is 5.12. The number of amides is 1. The van der Waals surface area contributed by atoms with Gasteiger partial charge in [0.2, 0.25) is 5.91 Å². The number of rotatable bonds is 6. The summed E-state index contributed by atoms with van der Waals surface area (Å²) in [6, 6.07) is 7.58. The van der Waals surface area contributed by atoms with E-state index in [0.717, 1.165) is 10.0 Å². The van der Waals surface area contributed by atoms with Crippen LogP contribution in [0, 0.1) is 5.92 Å². The number of aliphatic carboxylic acids is 1. The van der Waals surface area contributed by atoms with E-state index in [1.54, 1.807) is 13.0 Å². The molecule has 0 bridgehead atoms. The van der Waals surface area contributed by atoms with E-state index < -0.39 is 11.9 Å². The predicted octanol–water partition coefficient (Wildman–Crippen LogP) is 2.69. The van der Waals surface area contributed by atoms with Gasteiger partial charge < -0.3 is 10.4 Å². The molecule has 0 radical (unpaired) electrons. The van der Waals surface area contributed by atoms with Gasteiger partial charge in [-0.2, -0.15) is 0 Å². The molecule has 1 aromatic carbocycles. The first-order chi connectivity index (χ1) is 8.99. The first-order valence-corrected chi connectivity index (χ1v) is 6.72. The number of halogens is 1. The molecule has 0 aliphatic rings. The van der Waals surface area contributed by atoms with E-state index >= 15 is 0 Å². The lowest BCUT2D eigenvalue weighted by Gasteiger charge is -2.05. The van der Waals surface area contributed by atoms with Gasteiger partial charge in [0.05, 0.1) is 5.92 Å². The van der Waals surface area contributed by atoms with E-state index in [0.29, 0.717) is 13.0 Å². The molecular weight excluding hydrogens is 310 g/mol. The molecule has 0 saturated carbocycles. The van der Waals surface area contributed by atoms with Crippen molar-refractivity contribution in [2.24, 2.45) is 5.92 Å². The maximum absolute atomic E-state index is 11.5. The lowest BCUT2D eigenvalue weighted by Crippen LogP contribution is -2.25. The SMILES string of the molecule is CC(CCNC(=O)/C=C/c1cccc(Br)c1)C(=O)O. The summed E-state index contributed by atoms with van der Waals surface area (Å²) in [6.45, 7) is 1.97. The molecule has 0 aliphatic heterocycles. The van der Waals surface area contributed by atoms with Crippen molar-refractivity contribution >= 4 is 33.9 Å². The molecule has 19 heavy (non-hydrogen) atoms. The highest BCUT2D eigenvalue weighted by Crippen LogP contribution is 2.12. The van der Waals surface area contributed by atoms with Crippen molar-refractivity contribution in [3.8, 4) is 0 Å². The fourth-order valence-electron chi connectivity index (χ4n) is 1.38. The Balaban J connectivity index is 2.37. The van der Waals surface area contributed by atoms with Crippen LogP contribution in [-0.4, -0.2) is 23.5 Å². The molecule has 1 aromatic rings. The second kappa shape index (κ2) is 7.74. The van der Waals surface area contributed by atoms with Crippen LogP contribution < -0.4 is 5.32 Å². The third kappa shape index (κ3) is 6.20. The summed E-state index contributed by atoms with van der Waals surface area (Å²) >= 11 is 3.35. The van der Waals surface area contributed by atoms with Gasteiger partial charge in [0.15, 0.2) is 0 Å². The number of nitrogens with one attached hydrogen (secondary N) is 1. The number of hydrogen-bond donors (Lipinski definition) is 2. The average Bonchev–Trinajstić information content (AvgIpc) is 2.36. The van der Waals surface area contributed by atoms with Crippen LogP contribution >= 0.6 is 15.9 Å². The largest absolute Gasteiger partial charge is 0.481 e. The van der Waals surface area contributed by atoms with Crippen LogP contribution in [0.15, 0.2) is 34.8 Å². The van der Waals surface area contributed by atoms with Crippen LogP contribution in [0.4, 0.5) is 0 Å². The van der Waals surface area contributed by atoms with Crippen molar-refractivity contribution < 1.29 is 14.7 Å². The summed E-state index contributed by atoms with van der Waals surface area (Å²) in [4.78, 5) is 22.1. The third-order valence-electron chi connectivity index (χ3n) is 2.57. The van der Waals surface area contributed by atoms with E-state index in [1.807, 2.05) is 24.3 Å². The second-order valence-electron chi connectivity index (χ2n) is 4.21. The lowest BCUT2D eigenvalue weighted by molar-refractivity contribution is -0.141. The van der Waals surface area contributed by atoms with Gasteiger partial charge in [-0.25, -0.2) is 0 Å². The number of carbonyl (C=O) groups excluding carboxylic acids is 1. The summed E-state index contributed by atoms with van der Waals surface area (Å²) in [7, 11) is 0. The molecule has 1 amide bonds. The van der Waals surface area contributed by atoms with Gasteiger partial charge in [-0.1, -0.05) is 35.0 Å². The first-order valence-electron chi connectivity index (χ1n) is 5.93. The summed E-state index contributed by atoms with van der Waals surface area (Å²) in [5.41, 5.74) is 0.920. The molecule has 1 atom stereocenters. The average molecular weight is 326 g/mol. The van der Waals surface area contributed by atoms with Gasteiger partial charge >= 0.3 is 5.97 Å². The van der Waals surface area contributed by atoms with Crippen molar-refractivity contribution in [1.82, 2.24) is 5.32 Å². The van der Waals surface area contributed by atoms with Crippen LogP contribution in [0.3, 0.4) is 0 Å². The van der Waals surface area contributed by atoms with E-state index in [2.05, 4.69) is 21.2 Å². The van der Waals surface area contributed by atoms with Crippen LogP contribution in [-0.2, 0) is 9.59 Å². The molecule has 5 heteroatoms. The number of hydrogen-bond acceptors (Lipinski definition) is 2. The van der Waals surface area contributed by atoms with E-state index in [-0.39, 0.29) is 5.91 Å². The van der Waals surface area contributed by atoms with Crippen molar-refractivity contribution in [2.45, 2.75) is 13.3 Å². The summed E-state index contributed by atoms with van der Waals surface area (Å²) in [6.07, 6.45) is 3.57. The molecule has 4 nitrogen and oxygen atoms in total. The van der Waals surface area contributed by atoms with Gasteiger partial charge in [-0.05, 0) is 30.2 Å². The first kappa shape index (κ1) is 15.4. The Morgan fingerprint density at radius 3 is 2.84 bits per heavy atom. The Bertz CT molecular complexity index is 485. The number of carboxylic acid groups (broad SMARTS) is 1. The molecule has 2 N–H and O–H groups in total. The normalized spacial score (nSPS) is 12.3. The monoisotopic (exact) mass is 325 g/mol. The minimum atomic E-state index is -0.848. The highest BCUT2D eigenvalue weighted by atomic mass is 79.9. The Morgan fingerprint density at radius 1 is 1.47 bits per heavy atom. The highest BCUT2D eigenvalue weighted by molar-refractivity contribution is 9.10. The topological polar surface area (TPSA) is 66.4 Å². The van der Waals surface area contributed by atoms with Crippen molar-refractivity contribution in [2.75, 3.05) is 6.54 Å². The molecule has 1 rings (SSSR count). The van der Waals surface area contributed by atoms with Gasteiger partial charge in [0.25, 0.3) is 0 Å². The Morgan fingerprint density at radius 2 is 2.21 bits per heavy atom. The van der Waals surface area contributed by atoms with Crippen LogP contribution in [0.1, 0.15) is 18.9 Å². The fraction of sp³-hybridized carbons (Fsp3) is 0.286. The van der Waals surface area contributed by atoms with Crippen molar-refractivity contribution in [3.05, 3.63) is 40.4 Å². The smallest absolute Gasteiger partial charge is 0.306 e. The lowest BCUT2D eigenvalue weighted by atomic mass is 10.1. The number of carboxylic acids is 1. The molecule has 0 aliphatic carbocycles.